The van der Waals surface area contributed by atoms with Gasteiger partial charge in [0.2, 0.25) is 0 Å². The summed E-state index contributed by atoms with van der Waals surface area (Å²) in [6.07, 6.45) is 0. The standard InChI is InChI=1S/C72H48N4/c1-10-28-64(55(19-1)49-37-43-52(44-38-49)73-67-31-13-4-22-58(67)59-23-5-14-32-68(59)73)76(65-29-11-2-20-56(65)50-39-45-53(46-40-50)74-69-33-15-6-24-60(69)61-25-7-16-34-70(61)74)66-30-12-3-21-57(66)51-41-47-54(48-42-51)75-71-35-17-8-26-62(71)63-27-9-18-36-72(63)75/h1-48H. The number of nitrogens with zero attached hydrogens (tertiary/aromatic N) is 4. The molecule has 0 radical (unpaired) electrons. The Kier molecular flexibility index (Phi) is 10.2. The fourth-order valence-electron chi connectivity index (χ4n) is 12.1. The number of hydrogen-bond acceptors (Lipinski definition) is 1. The number of rotatable bonds is 9. The van der Waals surface area contributed by atoms with E-state index < -0.39 is 0 Å². The highest BCUT2D eigenvalue weighted by Gasteiger charge is 2.24. The Hall–Kier alpha value is -10.2. The second-order valence-electron chi connectivity index (χ2n) is 19.6. The second kappa shape index (κ2) is 17.8. The molecule has 0 amide bonds. The average Bonchev–Trinajstić information content (AvgIpc) is 4.16. The Morgan fingerprint density at radius 1 is 0.184 bits per heavy atom. The summed E-state index contributed by atoms with van der Waals surface area (Å²) in [6, 6.07) is 106. The molecule has 0 unspecified atom stereocenters. The molecule has 3 aromatic heterocycles. The van der Waals surface area contributed by atoms with Gasteiger partial charge in [-0.1, -0.05) is 200 Å². The Balaban J connectivity index is 0.889. The van der Waals surface area contributed by atoms with Gasteiger partial charge in [-0.05, 0) is 108 Å². The number of anilines is 3. The molecule has 15 rings (SSSR count). The normalized spacial score (nSPS) is 11.7. The number of para-hydroxylation sites is 9. The lowest BCUT2D eigenvalue weighted by molar-refractivity contribution is 1.18. The molecule has 0 fully saturated rings. The van der Waals surface area contributed by atoms with Gasteiger partial charge in [-0.15, -0.1) is 0 Å². The molecule has 12 aromatic carbocycles. The highest BCUT2D eigenvalue weighted by atomic mass is 15.2. The Morgan fingerprint density at radius 3 is 0.618 bits per heavy atom. The predicted molar refractivity (Wildman–Crippen MR) is 320 cm³/mol. The van der Waals surface area contributed by atoms with Gasteiger partial charge in [0.05, 0.1) is 50.2 Å². The maximum absolute atomic E-state index is 2.49. The van der Waals surface area contributed by atoms with Gasteiger partial charge in [-0.25, -0.2) is 0 Å². The summed E-state index contributed by atoms with van der Waals surface area (Å²) in [5, 5.41) is 7.52. The molecule has 0 atom stereocenters. The van der Waals surface area contributed by atoms with Crippen molar-refractivity contribution in [3.8, 4) is 50.4 Å². The van der Waals surface area contributed by atoms with Crippen LogP contribution in [-0.2, 0) is 0 Å². The first-order chi connectivity index (χ1) is 37.7. The van der Waals surface area contributed by atoms with E-state index >= 15 is 0 Å². The fraction of sp³-hybridized carbons (Fsp3) is 0. The topological polar surface area (TPSA) is 18.0 Å². The average molecular weight is 969 g/mol. The maximum atomic E-state index is 2.49. The summed E-state index contributed by atoms with van der Waals surface area (Å²) < 4.78 is 7.16. The molecule has 0 N–H and O–H groups in total. The fourth-order valence-corrected chi connectivity index (χ4v) is 12.1. The molecule has 0 aliphatic carbocycles. The van der Waals surface area contributed by atoms with Gasteiger partial charge >= 0.3 is 0 Å². The second-order valence-corrected chi connectivity index (χ2v) is 19.6. The lowest BCUT2D eigenvalue weighted by Gasteiger charge is -2.31. The van der Waals surface area contributed by atoms with Crippen LogP contribution in [0.2, 0.25) is 0 Å². The summed E-state index contributed by atoms with van der Waals surface area (Å²) >= 11 is 0. The summed E-state index contributed by atoms with van der Waals surface area (Å²) in [5.74, 6) is 0. The van der Waals surface area contributed by atoms with Gasteiger partial charge < -0.3 is 18.6 Å². The molecule has 0 aliphatic heterocycles. The van der Waals surface area contributed by atoms with E-state index in [1.54, 1.807) is 0 Å². The Labute approximate surface area is 440 Å². The van der Waals surface area contributed by atoms with Crippen LogP contribution in [0.4, 0.5) is 17.1 Å². The lowest BCUT2D eigenvalue weighted by atomic mass is 9.96. The first-order valence-electron chi connectivity index (χ1n) is 26.1. The van der Waals surface area contributed by atoms with Crippen molar-refractivity contribution in [2.45, 2.75) is 0 Å². The van der Waals surface area contributed by atoms with Gasteiger partial charge in [0.25, 0.3) is 0 Å². The monoisotopic (exact) mass is 968 g/mol. The molecule has 0 saturated carbocycles. The molecular formula is C72H48N4. The quantitative estimate of drug-likeness (QED) is 0.141. The lowest BCUT2D eigenvalue weighted by Crippen LogP contribution is -2.13. The number of hydrogen-bond donors (Lipinski definition) is 0. The van der Waals surface area contributed by atoms with Crippen molar-refractivity contribution in [2.75, 3.05) is 4.90 Å². The summed E-state index contributed by atoms with van der Waals surface area (Å²) in [5.41, 5.74) is 20.6. The minimum atomic E-state index is 1.08. The minimum Gasteiger partial charge on any atom is -0.309 e. The van der Waals surface area contributed by atoms with E-state index in [-0.39, 0.29) is 0 Å². The Morgan fingerprint density at radius 2 is 0.382 bits per heavy atom. The third-order valence-electron chi connectivity index (χ3n) is 15.5. The third-order valence-corrected chi connectivity index (χ3v) is 15.5. The van der Waals surface area contributed by atoms with E-state index in [1.807, 2.05) is 0 Å². The molecule has 15 aromatic rings. The minimum absolute atomic E-state index is 1.08. The van der Waals surface area contributed by atoms with Crippen LogP contribution in [0.15, 0.2) is 291 Å². The van der Waals surface area contributed by atoms with E-state index in [0.29, 0.717) is 0 Å². The maximum Gasteiger partial charge on any atom is 0.0541 e. The van der Waals surface area contributed by atoms with Crippen molar-refractivity contribution in [3.05, 3.63) is 291 Å². The molecule has 76 heavy (non-hydrogen) atoms. The van der Waals surface area contributed by atoms with Crippen LogP contribution >= 0.6 is 0 Å². The van der Waals surface area contributed by atoms with Crippen molar-refractivity contribution in [3.63, 3.8) is 0 Å². The van der Waals surface area contributed by atoms with E-state index in [9.17, 15) is 0 Å². The van der Waals surface area contributed by atoms with Crippen molar-refractivity contribution in [2.24, 2.45) is 0 Å². The first-order valence-corrected chi connectivity index (χ1v) is 26.1. The van der Waals surface area contributed by atoms with Crippen LogP contribution in [0.3, 0.4) is 0 Å². The van der Waals surface area contributed by atoms with Gasteiger partial charge in [-0.2, -0.15) is 0 Å². The third kappa shape index (κ3) is 6.92. The van der Waals surface area contributed by atoms with Crippen molar-refractivity contribution in [1.82, 2.24) is 13.7 Å². The van der Waals surface area contributed by atoms with Crippen LogP contribution < -0.4 is 4.90 Å². The number of aromatic nitrogens is 3. The zero-order chi connectivity index (χ0) is 50.1. The highest BCUT2D eigenvalue weighted by molar-refractivity contribution is 6.11. The summed E-state index contributed by atoms with van der Waals surface area (Å²) in [4.78, 5) is 2.49. The molecule has 4 nitrogen and oxygen atoms in total. The zero-order valence-corrected chi connectivity index (χ0v) is 41.5. The van der Waals surface area contributed by atoms with Crippen LogP contribution in [0.25, 0.3) is 116 Å². The van der Waals surface area contributed by atoms with Crippen LogP contribution in [0.5, 0.6) is 0 Å². The molecule has 356 valence electrons. The highest BCUT2D eigenvalue weighted by Crippen LogP contribution is 2.48. The van der Waals surface area contributed by atoms with E-state index in [2.05, 4.69) is 310 Å². The largest absolute Gasteiger partial charge is 0.309 e. The van der Waals surface area contributed by atoms with Crippen molar-refractivity contribution < 1.29 is 0 Å². The van der Waals surface area contributed by atoms with Gasteiger partial charge in [-0.3, -0.25) is 0 Å². The molecule has 0 aliphatic rings. The summed E-state index contributed by atoms with van der Waals surface area (Å²) in [6.45, 7) is 0. The molecule has 4 heteroatoms. The van der Waals surface area contributed by atoms with E-state index in [1.165, 1.54) is 65.4 Å². The van der Waals surface area contributed by atoms with Gasteiger partial charge in [0.1, 0.15) is 0 Å². The predicted octanol–water partition coefficient (Wildman–Crippen LogP) is 19.4. The van der Waals surface area contributed by atoms with E-state index in [0.717, 1.165) is 67.5 Å². The Bertz CT molecular complexity index is 4050. The molecule has 0 spiro atoms. The molecule has 0 saturated heterocycles. The van der Waals surface area contributed by atoms with Crippen molar-refractivity contribution in [1.29, 1.82) is 0 Å². The van der Waals surface area contributed by atoms with Crippen LogP contribution in [0.1, 0.15) is 0 Å². The molecule has 0 bridgehead atoms. The SMILES string of the molecule is c1ccc(N(c2ccccc2-c2ccc(-n3c4ccccc4c4ccccc43)cc2)c2ccccc2-c2ccc(-n3c4ccccc4c4ccccc43)cc2)c(-c2ccc(-n3c4ccccc4c4ccccc43)cc2)c1. The number of benzene rings is 12. The van der Waals surface area contributed by atoms with Gasteiger partial charge in [0, 0.05) is 66.1 Å². The number of fused-ring (bicyclic) bond motifs is 9. The molecular weight excluding hydrogens is 921 g/mol. The van der Waals surface area contributed by atoms with Crippen LogP contribution in [0, 0.1) is 0 Å². The zero-order valence-electron chi connectivity index (χ0n) is 41.5. The summed E-state index contributed by atoms with van der Waals surface area (Å²) in [7, 11) is 0. The van der Waals surface area contributed by atoms with E-state index in [4.69, 9.17) is 0 Å². The smallest absolute Gasteiger partial charge is 0.0541 e. The van der Waals surface area contributed by atoms with Crippen molar-refractivity contribution >= 4 is 82.5 Å². The van der Waals surface area contributed by atoms with Crippen LogP contribution in [-0.4, -0.2) is 13.7 Å². The van der Waals surface area contributed by atoms with Gasteiger partial charge in [0.15, 0.2) is 0 Å². The molecule has 3 heterocycles. The first kappa shape index (κ1) is 43.4.